The SMILES string of the molecule is COc1cc(C(=O)OC(C)C(=O)NC2CCCC2)ccc1OCc1ccccc1Cl. The first-order valence-electron chi connectivity index (χ1n) is 10.0. The summed E-state index contributed by atoms with van der Waals surface area (Å²) in [6, 6.07) is 12.3. The van der Waals surface area contributed by atoms with Crippen molar-refractivity contribution in [3.8, 4) is 11.5 Å². The lowest BCUT2D eigenvalue weighted by Gasteiger charge is -2.17. The van der Waals surface area contributed by atoms with Gasteiger partial charge in [-0.05, 0) is 44.0 Å². The number of amides is 1. The lowest BCUT2D eigenvalue weighted by atomic mass is 10.2. The normalized spacial score (nSPS) is 14.8. The highest BCUT2D eigenvalue weighted by atomic mass is 35.5. The van der Waals surface area contributed by atoms with E-state index in [1.54, 1.807) is 25.1 Å². The Kier molecular flexibility index (Phi) is 7.57. The van der Waals surface area contributed by atoms with Gasteiger partial charge in [0.15, 0.2) is 17.6 Å². The summed E-state index contributed by atoms with van der Waals surface area (Å²) in [4.78, 5) is 24.7. The molecule has 160 valence electrons. The number of halogens is 1. The van der Waals surface area contributed by atoms with Crippen molar-refractivity contribution < 1.29 is 23.8 Å². The number of methoxy groups -OCH3 is 1. The fourth-order valence-corrected chi connectivity index (χ4v) is 3.55. The molecule has 0 aliphatic heterocycles. The molecule has 2 aromatic rings. The van der Waals surface area contributed by atoms with Crippen molar-refractivity contribution in [1.29, 1.82) is 0 Å². The van der Waals surface area contributed by atoms with E-state index < -0.39 is 12.1 Å². The van der Waals surface area contributed by atoms with E-state index in [1.165, 1.54) is 13.2 Å². The Balaban J connectivity index is 1.60. The monoisotopic (exact) mass is 431 g/mol. The number of rotatable bonds is 8. The quantitative estimate of drug-likeness (QED) is 0.621. The van der Waals surface area contributed by atoms with Crippen LogP contribution in [0.3, 0.4) is 0 Å². The van der Waals surface area contributed by atoms with E-state index in [0.29, 0.717) is 16.5 Å². The summed E-state index contributed by atoms with van der Waals surface area (Å²) in [5, 5.41) is 3.54. The molecule has 1 unspecified atom stereocenters. The second-order valence-corrected chi connectivity index (χ2v) is 7.69. The highest BCUT2D eigenvalue weighted by molar-refractivity contribution is 6.31. The van der Waals surface area contributed by atoms with Crippen LogP contribution in [0.2, 0.25) is 5.02 Å². The summed E-state index contributed by atoms with van der Waals surface area (Å²) >= 11 is 6.15. The molecule has 7 heteroatoms. The number of esters is 1. The van der Waals surface area contributed by atoms with E-state index in [1.807, 2.05) is 18.2 Å². The molecule has 0 saturated heterocycles. The molecule has 1 aliphatic rings. The first-order chi connectivity index (χ1) is 14.5. The van der Waals surface area contributed by atoms with Gasteiger partial charge in [-0.15, -0.1) is 0 Å². The van der Waals surface area contributed by atoms with Crippen LogP contribution >= 0.6 is 11.6 Å². The molecule has 0 spiro atoms. The second-order valence-electron chi connectivity index (χ2n) is 7.28. The van der Waals surface area contributed by atoms with Crippen LogP contribution in [-0.2, 0) is 16.1 Å². The molecule has 0 heterocycles. The van der Waals surface area contributed by atoms with Gasteiger partial charge in [-0.2, -0.15) is 0 Å². The predicted octanol–water partition coefficient (Wildman–Crippen LogP) is 4.53. The molecule has 0 bridgehead atoms. The minimum atomic E-state index is -0.875. The summed E-state index contributed by atoms with van der Waals surface area (Å²) < 4.78 is 16.5. The molecular formula is C23H26ClNO5. The van der Waals surface area contributed by atoms with Gasteiger partial charge < -0.3 is 19.5 Å². The molecule has 1 N–H and O–H groups in total. The summed E-state index contributed by atoms with van der Waals surface area (Å²) in [6.45, 7) is 1.83. The Labute approximate surface area is 181 Å². The van der Waals surface area contributed by atoms with Crippen molar-refractivity contribution in [1.82, 2.24) is 5.32 Å². The molecule has 1 atom stereocenters. The molecule has 2 aromatic carbocycles. The maximum atomic E-state index is 12.5. The van der Waals surface area contributed by atoms with E-state index >= 15 is 0 Å². The van der Waals surface area contributed by atoms with Gasteiger partial charge in [-0.1, -0.05) is 42.6 Å². The lowest BCUT2D eigenvalue weighted by Crippen LogP contribution is -2.40. The molecule has 1 aliphatic carbocycles. The average molecular weight is 432 g/mol. The third-order valence-corrected chi connectivity index (χ3v) is 5.46. The lowest BCUT2D eigenvalue weighted by molar-refractivity contribution is -0.129. The molecule has 30 heavy (non-hydrogen) atoms. The number of hydrogen-bond acceptors (Lipinski definition) is 5. The standard InChI is InChI=1S/C23H26ClNO5/c1-15(22(26)25-18-8-4-5-9-18)30-23(27)16-11-12-20(21(13-16)28-2)29-14-17-7-3-6-10-19(17)24/h3,6-7,10-13,15,18H,4-5,8-9,14H2,1-2H3,(H,25,26). The van der Waals surface area contributed by atoms with Gasteiger partial charge in [-0.3, -0.25) is 4.79 Å². The van der Waals surface area contributed by atoms with Gasteiger partial charge in [0.2, 0.25) is 0 Å². The Morgan fingerprint density at radius 2 is 1.87 bits per heavy atom. The van der Waals surface area contributed by atoms with Crippen molar-refractivity contribution >= 4 is 23.5 Å². The summed E-state index contributed by atoms with van der Waals surface area (Å²) in [7, 11) is 1.49. The molecule has 1 fully saturated rings. The highest BCUT2D eigenvalue weighted by Crippen LogP contribution is 2.30. The van der Waals surface area contributed by atoms with Gasteiger partial charge in [0.25, 0.3) is 5.91 Å². The first kappa shape index (κ1) is 22.0. The van der Waals surface area contributed by atoms with Crippen LogP contribution in [0.4, 0.5) is 0 Å². The summed E-state index contributed by atoms with van der Waals surface area (Å²) in [5.41, 5.74) is 1.12. The average Bonchev–Trinajstić information content (AvgIpc) is 3.26. The third-order valence-electron chi connectivity index (χ3n) is 5.09. The summed E-state index contributed by atoms with van der Waals surface area (Å²) in [6.07, 6.45) is 3.30. The predicted molar refractivity (Wildman–Crippen MR) is 114 cm³/mol. The van der Waals surface area contributed by atoms with E-state index in [4.69, 9.17) is 25.8 Å². The number of carbonyl (C=O) groups excluding carboxylic acids is 2. The van der Waals surface area contributed by atoms with Gasteiger partial charge in [-0.25, -0.2) is 4.79 Å². The van der Waals surface area contributed by atoms with Crippen LogP contribution in [0.5, 0.6) is 11.5 Å². The molecule has 0 aromatic heterocycles. The molecule has 1 amide bonds. The largest absolute Gasteiger partial charge is 0.493 e. The zero-order valence-electron chi connectivity index (χ0n) is 17.2. The van der Waals surface area contributed by atoms with Crippen LogP contribution in [-0.4, -0.2) is 31.1 Å². The zero-order valence-corrected chi connectivity index (χ0v) is 17.9. The number of ether oxygens (including phenoxy) is 3. The summed E-state index contributed by atoms with van der Waals surface area (Å²) in [5.74, 6) is -0.0116. The number of hydrogen-bond donors (Lipinski definition) is 1. The van der Waals surface area contributed by atoms with E-state index in [9.17, 15) is 9.59 Å². The number of benzene rings is 2. The maximum absolute atomic E-state index is 12.5. The van der Waals surface area contributed by atoms with Crippen LogP contribution in [0.15, 0.2) is 42.5 Å². The van der Waals surface area contributed by atoms with E-state index in [2.05, 4.69) is 5.32 Å². The second kappa shape index (κ2) is 10.3. The number of carbonyl (C=O) groups is 2. The Morgan fingerprint density at radius 1 is 1.13 bits per heavy atom. The van der Waals surface area contributed by atoms with Crippen LogP contribution < -0.4 is 14.8 Å². The van der Waals surface area contributed by atoms with Crippen molar-refractivity contribution in [2.75, 3.05) is 7.11 Å². The fraction of sp³-hybridized carbons (Fsp3) is 0.391. The smallest absolute Gasteiger partial charge is 0.339 e. The third kappa shape index (κ3) is 5.66. The fourth-order valence-electron chi connectivity index (χ4n) is 3.36. The minimum Gasteiger partial charge on any atom is -0.493 e. The van der Waals surface area contributed by atoms with Gasteiger partial charge in [0.1, 0.15) is 6.61 Å². The van der Waals surface area contributed by atoms with Crippen LogP contribution in [0, 0.1) is 0 Å². The zero-order chi connectivity index (χ0) is 21.5. The Bertz CT molecular complexity index is 895. The molecular weight excluding hydrogens is 406 g/mol. The molecule has 1 saturated carbocycles. The molecule has 6 nitrogen and oxygen atoms in total. The van der Waals surface area contributed by atoms with Gasteiger partial charge in [0, 0.05) is 16.6 Å². The highest BCUT2D eigenvalue weighted by Gasteiger charge is 2.24. The Morgan fingerprint density at radius 3 is 2.57 bits per heavy atom. The van der Waals surface area contributed by atoms with Gasteiger partial charge in [0.05, 0.1) is 12.7 Å². The Hall–Kier alpha value is -2.73. The van der Waals surface area contributed by atoms with Crippen molar-refractivity contribution in [2.45, 2.75) is 51.4 Å². The topological polar surface area (TPSA) is 73.9 Å². The van der Waals surface area contributed by atoms with Crippen LogP contribution in [0.1, 0.15) is 48.5 Å². The van der Waals surface area contributed by atoms with Crippen molar-refractivity contribution in [3.05, 3.63) is 58.6 Å². The molecule has 0 radical (unpaired) electrons. The van der Waals surface area contributed by atoms with Crippen molar-refractivity contribution in [2.24, 2.45) is 0 Å². The first-order valence-corrected chi connectivity index (χ1v) is 10.4. The molecule has 3 rings (SSSR count). The van der Waals surface area contributed by atoms with E-state index in [-0.39, 0.29) is 24.1 Å². The minimum absolute atomic E-state index is 0.174. The van der Waals surface area contributed by atoms with Gasteiger partial charge >= 0.3 is 5.97 Å². The van der Waals surface area contributed by atoms with E-state index in [0.717, 1.165) is 31.2 Å². The number of nitrogens with one attached hydrogen (secondary N) is 1. The maximum Gasteiger partial charge on any atom is 0.339 e. The van der Waals surface area contributed by atoms with Crippen molar-refractivity contribution in [3.63, 3.8) is 0 Å². The van der Waals surface area contributed by atoms with Crippen LogP contribution in [0.25, 0.3) is 0 Å².